The minimum Gasteiger partial charge on any atom is -0.444 e. The van der Waals surface area contributed by atoms with Crippen LogP contribution in [0.1, 0.15) is 86.9 Å². The molecular formula is C36H43N7O7. The van der Waals surface area contributed by atoms with E-state index in [0.29, 0.717) is 48.2 Å². The fourth-order valence-corrected chi connectivity index (χ4v) is 5.30. The van der Waals surface area contributed by atoms with E-state index in [2.05, 4.69) is 21.1 Å². The molecule has 0 saturated carbocycles. The molecular weight excluding hydrogens is 642 g/mol. The number of nitriles is 1. The zero-order valence-corrected chi connectivity index (χ0v) is 29.9. The second kappa shape index (κ2) is 13.5. The lowest BCUT2D eigenvalue weighted by atomic mass is 10.0. The highest BCUT2D eigenvalue weighted by Crippen LogP contribution is 2.37. The van der Waals surface area contributed by atoms with Gasteiger partial charge in [-0.1, -0.05) is 12.1 Å². The van der Waals surface area contributed by atoms with Crippen molar-refractivity contribution in [1.82, 2.24) is 24.6 Å². The number of rotatable bonds is 4. The Bertz CT molecular complexity index is 1880. The Morgan fingerprint density at radius 3 is 2.06 bits per heavy atom. The van der Waals surface area contributed by atoms with Gasteiger partial charge in [-0.05, 0) is 93.4 Å². The molecule has 4 aromatic rings. The third kappa shape index (κ3) is 8.39. The summed E-state index contributed by atoms with van der Waals surface area (Å²) < 4.78 is 24.6. The van der Waals surface area contributed by atoms with Crippen LogP contribution >= 0.6 is 0 Å². The zero-order chi connectivity index (χ0) is 36.6. The fraction of sp³-hybridized carbons (Fsp3) is 0.472. The maximum Gasteiger partial charge on any atom is 0.425 e. The van der Waals surface area contributed by atoms with Crippen LogP contribution in [0.25, 0.3) is 33.7 Å². The number of aromatic nitrogens is 4. The summed E-state index contributed by atoms with van der Waals surface area (Å²) in [6.45, 7) is 16.5. The van der Waals surface area contributed by atoms with Gasteiger partial charge in [-0.15, -0.1) is 0 Å². The van der Waals surface area contributed by atoms with Crippen LogP contribution in [0.5, 0.6) is 0 Å². The lowest BCUT2D eigenvalue weighted by molar-refractivity contribution is 0.0184. The fourth-order valence-electron chi connectivity index (χ4n) is 5.30. The molecule has 0 bridgehead atoms. The highest BCUT2D eigenvalue weighted by molar-refractivity contribution is 6.11. The Hall–Kier alpha value is -5.45. The summed E-state index contributed by atoms with van der Waals surface area (Å²) in [5.41, 5.74) is -0.210. The Labute approximate surface area is 290 Å². The second-order valence-corrected chi connectivity index (χ2v) is 15.1. The summed E-state index contributed by atoms with van der Waals surface area (Å²) in [5, 5.41) is 14.7. The first kappa shape index (κ1) is 35.8. The summed E-state index contributed by atoms with van der Waals surface area (Å²) in [5.74, 6) is -0.0581. The van der Waals surface area contributed by atoms with Gasteiger partial charge in [0.2, 0.25) is 5.89 Å². The first-order valence-electron chi connectivity index (χ1n) is 16.4. The molecule has 3 amide bonds. The SMILES string of the molecule is CC(C)(C)OC(=O)N1CCC(n2cc(-c3cnc(N(C(=O)OC(C)(C)C)C(=O)OC(C)(C)C)c(-c4nc5ccccc5o4)c3)c(C#N)n2)CC1. The molecule has 1 aromatic carbocycles. The van der Waals surface area contributed by atoms with Crippen LogP contribution in [0.15, 0.2) is 47.1 Å². The number of imide groups is 1. The summed E-state index contributed by atoms with van der Waals surface area (Å²) >= 11 is 0. The van der Waals surface area contributed by atoms with Crippen LogP contribution in [0.2, 0.25) is 0 Å². The van der Waals surface area contributed by atoms with Crippen molar-refractivity contribution in [3.05, 3.63) is 48.4 Å². The summed E-state index contributed by atoms with van der Waals surface area (Å²) in [6, 6.07) is 10.9. The zero-order valence-electron chi connectivity index (χ0n) is 29.9. The molecule has 0 unspecified atom stereocenters. The monoisotopic (exact) mass is 685 g/mol. The number of ether oxygens (including phenoxy) is 3. The number of piperidine rings is 1. The number of benzene rings is 1. The molecule has 50 heavy (non-hydrogen) atoms. The molecule has 0 radical (unpaired) electrons. The molecule has 0 atom stereocenters. The minimum atomic E-state index is -1.01. The predicted octanol–water partition coefficient (Wildman–Crippen LogP) is 7.87. The van der Waals surface area contributed by atoms with Crippen molar-refractivity contribution in [3.8, 4) is 28.7 Å². The van der Waals surface area contributed by atoms with Crippen LogP contribution in [-0.4, -0.2) is 72.8 Å². The van der Waals surface area contributed by atoms with E-state index in [9.17, 15) is 19.6 Å². The second-order valence-electron chi connectivity index (χ2n) is 15.1. The van der Waals surface area contributed by atoms with Gasteiger partial charge in [0, 0.05) is 36.6 Å². The van der Waals surface area contributed by atoms with Crippen molar-refractivity contribution in [2.45, 2.75) is 98.0 Å². The number of oxazole rings is 1. The van der Waals surface area contributed by atoms with Crippen molar-refractivity contribution >= 4 is 35.2 Å². The van der Waals surface area contributed by atoms with Gasteiger partial charge in [0.1, 0.15) is 28.4 Å². The van der Waals surface area contributed by atoms with Crippen LogP contribution in [0.3, 0.4) is 0 Å². The minimum absolute atomic E-state index is 0.0758. The van der Waals surface area contributed by atoms with Gasteiger partial charge in [-0.3, -0.25) is 4.68 Å². The number of nitrogens with zero attached hydrogens (tertiary/aromatic N) is 7. The average Bonchev–Trinajstić information content (AvgIpc) is 3.64. The molecule has 264 valence electrons. The molecule has 5 rings (SSSR count). The van der Waals surface area contributed by atoms with Gasteiger partial charge < -0.3 is 23.5 Å². The Morgan fingerprint density at radius 1 is 0.900 bits per heavy atom. The maximum absolute atomic E-state index is 13.6. The summed E-state index contributed by atoms with van der Waals surface area (Å²) in [4.78, 5) is 51.5. The molecule has 14 nitrogen and oxygen atoms in total. The van der Waals surface area contributed by atoms with Gasteiger partial charge in [0.25, 0.3) is 0 Å². The Balaban J connectivity index is 1.56. The van der Waals surface area contributed by atoms with Crippen molar-refractivity contribution in [2.24, 2.45) is 0 Å². The van der Waals surface area contributed by atoms with Crippen molar-refractivity contribution in [2.75, 3.05) is 18.0 Å². The third-order valence-corrected chi connectivity index (χ3v) is 7.39. The van der Waals surface area contributed by atoms with Crippen LogP contribution in [-0.2, 0) is 14.2 Å². The Kier molecular flexibility index (Phi) is 9.65. The lowest BCUT2D eigenvalue weighted by Gasteiger charge is -2.33. The normalized spacial score (nSPS) is 14.3. The standard InChI is InChI=1S/C36H43N7O7/c1-34(2,3)48-31(44)41-16-14-23(15-17-41)42-21-25(27(19-37)40-42)22-18-24(30-39-26-12-10-11-13-28(26)47-30)29(38-20-22)43(32(45)49-35(4,5)6)33(46)50-36(7,8)9/h10-13,18,20-21,23H,14-17H2,1-9H3. The van der Waals surface area contributed by atoms with Crippen LogP contribution in [0, 0.1) is 11.3 Å². The number of para-hydroxylation sites is 2. The van der Waals surface area contributed by atoms with Crippen molar-refractivity contribution in [1.29, 1.82) is 5.26 Å². The van der Waals surface area contributed by atoms with Crippen LogP contribution < -0.4 is 4.90 Å². The molecule has 1 saturated heterocycles. The molecule has 0 aliphatic carbocycles. The van der Waals surface area contributed by atoms with Gasteiger partial charge in [0.05, 0.1) is 11.6 Å². The molecule has 0 N–H and O–H groups in total. The van der Waals surface area contributed by atoms with Gasteiger partial charge in [-0.25, -0.2) is 24.4 Å². The summed E-state index contributed by atoms with van der Waals surface area (Å²) in [6.07, 6.45) is 2.04. The van der Waals surface area contributed by atoms with E-state index in [-0.39, 0.29) is 35.1 Å². The van der Waals surface area contributed by atoms with E-state index < -0.39 is 29.0 Å². The van der Waals surface area contributed by atoms with E-state index in [4.69, 9.17) is 18.6 Å². The predicted molar refractivity (Wildman–Crippen MR) is 184 cm³/mol. The molecule has 0 spiro atoms. The number of fused-ring (bicyclic) bond motifs is 1. The highest BCUT2D eigenvalue weighted by atomic mass is 16.6. The molecule has 1 fully saturated rings. The topological polar surface area (TPSA) is 166 Å². The van der Waals surface area contributed by atoms with E-state index in [1.165, 1.54) is 6.20 Å². The molecule has 1 aliphatic heterocycles. The van der Waals surface area contributed by atoms with Gasteiger partial charge >= 0.3 is 18.3 Å². The molecule has 1 aliphatic rings. The highest BCUT2D eigenvalue weighted by Gasteiger charge is 2.37. The van der Waals surface area contributed by atoms with Gasteiger partial charge in [0.15, 0.2) is 17.1 Å². The number of anilines is 1. The number of pyridine rings is 1. The molecule has 3 aromatic heterocycles. The van der Waals surface area contributed by atoms with Crippen LogP contribution in [0.4, 0.5) is 20.2 Å². The summed E-state index contributed by atoms with van der Waals surface area (Å²) in [7, 11) is 0. The number of carbonyl (C=O) groups is 3. The number of hydrogen-bond acceptors (Lipinski definition) is 11. The quantitative estimate of drug-likeness (QED) is 0.192. The lowest BCUT2D eigenvalue weighted by Crippen LogP contribution is -2.44. The Morgan fingerprint density at radius 2 is 1.50 bits per heavy atom. The maximum atomic E-state index is 13.6. The smallest absolute Gasteiger partial charge is 0.425 e. The van der Waals surface area contributed by atoms with E-state index in [1.807, 2.05) is 26.8 Å². The largest absolute Gasteiger partial charge is 0.444 e. The van der Waals surface area contributed by atoms with Crippen molar-refractivity contribution < 1.29 is 33.0 Å². The number of carbonyl (C=O) groups excluding carboxylic acids is 3. The third-order valence-electron chi connectivity index (χ3n) is 7.39. The first-order chi connectivity index (χ1) is 23.3. The first-order valence-corrected chi connectivity index (χ1v) is 16.4. The molecule has 14 heteroatoms. The number of amides is 3. The average molecular weight is 686 g/mol. The van der Waals surface area contributed by atoms with E-state index in [0.717, 1.165) is 4.90 Å². The van der Waals surface area contributed by atoms with E-state index in [1.54, 1.807) is 81.6 Å². The van der Waals surface area contributed by atoms with Crippen molar-refractivity contribution in [3.63, 3.8) is 0 Å². The number of likely N-dealkylation sites (tertiary alicyclic amines) is 1. The number of hydrogen-bond donors (Lipinski definition) is 0. The van der Waals surface area contributed by atoms with Gasteiger partial charge in [-0.2, -0.15) is 15.3 Å². The molecule has 4 heterocycles. The van der Waals surface area contributed by atoms with E-state index >= 15 is 0 Å².